The molecule has 0 aromatic rings. The topological polar surface area (TPSA) is 52.7 Å². The molecule has 1 aliphatic rings. The van der Waals surface area contributed by atoms with Crippen molar-refractivity contribution in [3.63, 3.8) is 0 Å². The molecule has 0 unspecified atom stereocenters. The number of rotatable bonds is 7. The number of sulfonamides is 1. The zero-order chi connectivity index (χ0) is 13.6. The number of nitrogens with one attached hydrogen (secondary N) is 1. The van der Waals surface area contributed by atoms with Crippen molar-refractivity contribution < 1.29 is 8.42 Å². The van der Waals surface area contributed by atoms with Crippen LogP contribution in [0.25, 0.3) is 0 Å². The molecule has 1 N–H and O–H groups in total. The van der Waals surface area contributed by atoms with Gasteiger partial charge in [-0.3, -0.25) is 4.90 Å². The molecule has 1 fully saturated rings. The largest absolute Gasteiger partial charge is 0.304 e. The average Bonchev–Trinajstić information content (AvgIpc) is 2.35. The summed E-state index contributed by atoms with van der Waals surface area (Å²) in [6, 6.07) is 0.273. The number of hydrogen-bond acceptors (Lipinski definition) is 4. The Hall–Kier alpha value is -0.170. The highest BCUT2D eigenvalue weighted by atomic mass is 32.2. The third-order valence-corrected chi connectivity index (χ3v) is 4.96. The van der Waals surface area contributed by atoms with Gasteiger partial charge in [0.25, 0.3) is 0 Å². The van der Waals surface area contributed by atoms with Crippen molar-refractivity contribution in [2.75, 3.05) is 45.5 Å². The maximum absolute atomic E-state index is 11.7. The molecule has 0 aromatic carbocycles. The number of nitrogens with zero attached hydrogens (tertiary/aromatic N) is 2. The minimum absolute atomic E-state index is 0.249. The fourth-order valence-electron chi connectivity index (χ4n) is 2.05. The molecule has 0 aromatic heterocycles. The molecular formula is C12H27N3O2S. The van der Waals surface area contributed by atoms with Crippen molar-refractivity contribution in [3.05, 3.63) is 0 Å². The van der Waals surface area contributed by atoms with Crippen molar-refractivity contribution in [2.45, 2.75) is 32.7 Å². The molecule has 18 heavy (non-hydrogen) atoms. The molecular weight excluding hydrogens is 250 g/mol. The SMILES string of the molecule is CCCCS(=O)(=O)NC[C@H](C)N1CCN(C)CC1. The van der Waals surface area contributed by atoms with Crippen molar-refractivity contribution >= 4 is 10.0 Å². The number of likely N-dealkylation sites (N-methyl/N-ethyl adjacent to an activating group) is 1. The van der Waals surface area contributed by atoms with E-state index in [1.54, 1.807) is 0 Å². The first kappa shape index (κ1) is 15.9. The second-order valence-electron chi connectivity index (χ2n) is 5.21. The first-order chi connectivity index (χ1) is 8.44. The first-order valence-electron chi connectivity index (χ1n) is 6.84. The van der Waals surface area contributed by atoms with Crippen LogP contribution in [0.15, 0.2) is 0 Å². The summed E-state index contributed by atoms with van der Waals surface area (Å²) in [5, 5.41) is 0. The predicted octanol–water partition coefficient (Wildman–Crippen LogP) is 0.342. The van der Waals surface area contributed by atoms with Gasteiger partial charge in [0.2, 0.25) is 10.0 Å². The van der Waals surface area contributed by atoms with E-state index in [4.69, 9.17) is 0 Å². The average molecular weight is 277 g/mol. The van der Waals surface area contributed by atoms with Crippen LogP contribution in [0, 0.1) is 0 Å². The van der Waals surface area contributed by atoms with Gasteiger partial charge in [0.1, 0.15) is 0 Å². The van der Waals surface area contributed by atoms with E-state index in [0.29, 0.717) is 6.54 Å². The Morgan fingerprint density at radius 3 is 2.39 bits per heavy atom. The highest BCUT2D eigenvalue weighted by molar-refractivity contribution is 7.89. The highest BCUT2D eigenvalue weighted by Crippen LogP contribution is 2.04. The van der Waals surface area contributed by atoms with Crippen LogP contribution in [0.4, 0.5) is 0 Å². The summed E-state index contributed by atoms with van der Waals surface area (Å²) in [4.78, 5) is 4.65. The standard InChI is InChI=1S/C12H27N3O2S/c1-4-5-10-18(16,17)13-11-12(2)15-8-6-14(3)7-9-15/h12-13H,4-11H2,1-3H3/t12-/m0/s1. The Morgan fingerprint density at radius 1 is 1.22 bits per heavy atom. The van der Waals surface area contributed by atoms with Crippen LogP contribution >= 0.6 is 0 Å². The maximum atomic E-state index is 11.7. The molecule has 1 heterocycles. The molecule has 0 saturated carbocycles. The molecule has 6 heteroatoms. The molecule has 0 aliphatic carbocycles. The van der Waals surface area contributed by atoms with Crippen LogP contribution in [-0.2, 0) is 10.0 Å². The molecule has 5 nitrogen and oxygen atoms in total. The van der Waals surface area contributed by atoms with Gasteiger partial charge in [-0.15, -0.1) is 0 Å². The molecule has 0 amide bonds. The Labute approximate surface area is 112 Å². The van der Waals surface area contributed by atoms with E-state index in [1.807, 2.05) is 6.92 Å². The summed E-state index contributed by atoms with van der Waals surface area (Å²) in [5.41, 5.74) is 0. The molecule has 0 bridgehead atoms. The van der Waals surface area contributed by atoms with Crippen molar-refractivity contribution in [1.29, 1.82) is 0 Å². The summed E-state index contributed by atoms with van der Waals surface area (Å²) in [7, 11) is -0.955. The normalized spacial score (nSPS) is 21.1. The lowest BCUT2D eigenvalue weighted by atomic mass is 10.2. The third kappa shape index (κ3) is 5.65. The van der Waals surface area contributed by atoms with Crippen LogP contribution in [0.3, 0.4) is 0 Å². The highest BCUT2D eigenvalue weighted by Gasteiger charge is 2.20. The molecule has 1 aliphatic heterocycles. The summed E-state index contributed by atoms with van der Waals surface area (Å²) < 4.78 is 26.1. The van der Waals surface area contributed by atoms with E-state index >= 15 is 0 Å². The van der Waals surface area contributed by atoms with Gasteiger partial charge in [0.05, 0.1) is 5.75 Å². The second-order valence-corrected chi connectivity index (χ2v) is 7.14. The Morgan fingerprint density at radius 2 is 1.83 bits per heavy atom. The number of hydrogen-bond donors (Lipinski definition) is 1. The van der Waals surface area contributed by atoms with Gasteiger partial charge in [-0.1, -0.05) is 13.3 Å². The van der Waals surface area contributed by atoms with Gasteiger partial charge in [-0.2, -0.15) is 0 Å². The van der Waals surface area contributed by atoms with E-state index < -0.39 is 10.0 Å². The lowest BCUT2D eigenvalue weighted by Crippen LogP contribution is -2.51. The monoisotopic (exact) mass is 277 g/mol. The van der Waals surface area contributed by atoms with E-state index in [2.05, 4.69) is 28.5 Å². The summed E-state index contributed by atoms with van der Waals surface area (Å²) in [6.45, 7) is 8.79. The van der Waals surface area contributed by atoms with Gasteiger partial charge in [-0.25, -0.2) is 13.1 Å². The van der Waals surface area contributed by atoms with E-state index in [0.717, 1.165) is 39.0 Å². The zero-order valence-corrected chi connectivity index (χ0v) is 12.7. The van der Waals surface area contributed by atoms with Crippen molar-refractivity contribution in [3.8, 4) is 0 Å². The van der Waals surface area contributed by atoms with Gasteiger partial charge in [-0.05, 0) is 20.4 Å². The molecule has 1 atom stereocenters. The molecule has 0 spiro atoms. The number of piperazine rings is 1. The molecule has 1 saturated heterocycles. The van der Waals surface area contributed by atoms with Crippen molar-refractivity contribution in [1.82, 2.24) is 14.5 Å². The fourth-order valence-corrected chi connectivity index (χ4v) is 3.35. The van der Waals surface area contributed by atoms with Crippen LogP contribution in [-0.4, -0.2) is 69.8 Å². The molecule has 1 rings (SSSR count). The Kier molecular flexibility index (Phi) is 6.55. The minimum Gasteiger partial charge on any atom is -0.304 e. The lowest BCUT2D eigenvalue weighted by Gasteiger charge is -2.36. The summed E-state index contributed by atoms with van der Waals surface area (Å²) >= 11 is 0. The van der Waals surface area contributed by atoms with Crippen molar-refractivity contribution in [2.24, 2.45) is 0 Å². The van der Waals surface area contributed by atoms with Crippen LogP contribution in [0.5, 0.6) is 0 Å². The number of unbranched alkanes of at least 4 members (excludes halogenated alkanes) is 1. The predicted molar refractivity (Wildman–Crippen MR) is 75.2 cm³/mol. The van der Waals surface area contributed by atoms with Gasteiger partial charge >= 0.3 is 0 Å². The van der Waals surface area contributed by atoms with Gasteiger partial charge in [0, 0.05) is 38.8 Å². The van der Waals surface area contributed by atoms with E-state index in [9.17, 15) is 8.42 Å². The smallest absolute Gasteiger partial charge is 0.211 e. The van der Waals surface area contributed by atoms with E-state index in [1.165, 1.54) is 0 Å². The van der Waals surface area contributed by atoms with Crippen LogP contribution in [0.2, 0.25) is 0 Å². The fraction of sp³-hybridized carbons (Fsp3) is 1.00. The van der Waals surface area contributed by atoms with Crippen LogP contribution < -0.4 is 4.72 Å². The quantitative estimate of drug-likeness (QED) is 0.729. The van der Waals surface area contributed by atoms with Gasteiger partial charge < -0.3 is 4.90 Å². The summed E-state index contributed by atoms with van der Waals surface area (Å²) in [5.74, 6) is 0.249. The maximum Gasteiger partial charge on any atom is 0.211 e. The molecule has 0 radical (unpaired) electrons. The summed E-state index contributed by atoms with van der Waals surface area (Å²) in [6.07, 6.45) is 1.65. The third-order valence-electron chi connectivity index (χ3n) is 3.53. The Bertz CT molecular complexity index is 324. The zero-order valence-electron chi connectivity index (χ0n) is 11.9. The van der Waals surface area contributed by atoms with E-state index in [-0.39, 0.29) is 11.8 Å². The second kappa shape index (κ2) is 7.43. The van der Waals surface area contributed by atoms with Gasteiger partial charge in [0.15, 0.2) is 0 Å². The van der Waals surface area contributed by atoms with Crippen LogP contribution in [0.1, 0.15) is 26.7 Å². The first-order valence-corrected chi connectivity index (χ1v) is 8.49. The molecule has 108 valence electrons. The Balaban J connectivity index is 2.30. The minimum atomic E-state index is -3.08. The lowest BCUT2D eigenvalue weighted by molar-refractivity contribution is 0.120.